The number of hydrogen-bond donors (Lipinski definition) is 0. The molecular weight excluding hydrogens is 344 g/mol. The largest absolute Gasteiger partial charge is 0.464 e. The Morgan fingerprint density at radius 2 is 2.04 bits per heavy atom. The van der Waals surface area contributed by atoms with E-state index in [1.165, 1.54) is 4.90 Å². The summed E-state index contributed by atoms with van der Waals surface area (Å²) in [6.07, 6.45) is 5.86. The molecule has 3 rings (SSSR count). The van der Waals surface area contributed by atoms with Gasteiger partial charge in [-0.15, -0.1) is 0 Å². The van der Waals surface area contributed by atoms with Gasteiger partial charge in [-0.2, -0.15) is 5.26 Å². The van der Waals surface area contributed by atoms with Gasteiger partial charge in [0.05, 0.1) is 18.8 Å². The maximum atomic E-state index is 12.4. The van der Waals surface area contributed by atoms with Crippen LogP contribution in [0.2, 0.25) is 0 Å². The van der Waals surface area contributed by atoms with E-state index in [0.717, 1.165) is 41.4 Å². The highest BCUT2D eigenvalue weighted by atomic mass is 16.5. The second-order valence-electron chi connectivity index (χ2n) is 7.25. The molecule has 1 aliphatic rings. The molecule has 0 bridgehead atoms. The number of esters is 1. The lowest BCUT2D eigenvalue weighted by molar-refractivity contribution is -0.153. The molecule has 1 fully saturated rings. The highest BCUT2D eigenvalue weighted by Crippen LogP contribution is 2.32. The van der Waals surface area contributed by atoms with E-state index in [0.29, 0.717) is 12.8 Å². The minimum Gasteiger partial charge on any atom is -0.464 e. The Morgan fingerprint density at radius 1 is 1.30 bits per heavy atom. The third-order valence-corrected chi connectivity index (χ3v) is 5.41. The first kappa shape index (κ1) is 19.0. The van der Waals surface area contributed by atoms with Crippen molar-refractivity contribution in [3.8, 4) is 6.07 Å². The van der Waals surface area contributed by atoms with Crippen LogP contribution in [0.15, 0.2) is 28.9 Å². The molecule has 0 atom stereocenters. The summed E-state index contributed by atoms with van der Waals surface area (Å²) < 4.78 is 10.7. The molecule has 27 heavy (non-hydrogen) atoms. The first-order chi connectivity index (χ1) is 12.9. The second-order valence-corrected chi connectivity index (χ2v) is 7.25. The van der Waals surface area contributed by atoms with Crippen molar-refractivity contribution in [1.82, 2.24) is 4.90 Å². The lowest BCUT2D eigenvalue weighted by Crippen LogP contribution is -2.51. The number of hydrogen-bond acceptors (Lipinski definition) is 5. The van der Waals surface area contributed by atoms with E-state index in [1.54, 1.807) is 13.3 Å². The summed E-state index contributed by atoms with van der Waals surface area (Å²) in [5.74, 6) is -0.839. The van der Waals surface area contributed by atoms with Gasteiger partial charge < -0.3 is 14.1 Å². The number of benzene rings is 1. The third kappa shape index (κ3) is 3.97. The molecule has 1 heterocycles. The molecule has 1 aromatic carbocycles. The smallest absolute Gasteiger partial charge is 0.310 e. The number of rotatable bonds is 5. The van der Waals surface area contributed by atoms with Crippen LogP contribution < -0.4 is 0 Å². The van der Waals surface area contributed by atoms with Crippen LogP contribution in [0.3, 0.4) is 0 Å². The molecule has 0 radical (unpaired) electrons. The Balaban J connectivity index is 1.58. The van der Waals surface area contributed by atoms with Gasteiger partial charge in [0.2, 0.25) is 0 Å². The number of furan rings is 1. The second kappa shape index (κ2) is 7.83. The van der Waals surface area contributed by atoms with Crippen molar-refractivity contribution in [2.75, 3.05) is 13.7 Å². The van der Waals surface area contributed by atoms with Crippen LogP contribution in [0.1, 0.15) is 43.2 Å². The van der Waals surface area contributed by atoms with Crippen molar-refractivity contribution in [2.24, 2.45) is 0 Å². The molecule has 1 amide bonds. The van der Waals surface area contributed by atoms with Gasteiger partial charge in [0.1, 0.15) is 11.1 Å². The van der Waals surface area contributed by atoms with Crippen LogP contribution in [-0.4, -0.2) is 36.0 Å². The standard InChI is InChI=1S/C21H24N2O4/c1-15-6-7-17-16(12-26-18(17)10-15)11-20(25)27-13-19(24)23(2)21(14-22)8-4-3-5-9-21/h6-7,10,12H,3-5,8-9,11,13H2,1-2H3. The van der Waals surface area contributed by atoms with Gasteiger partial charge in [0.25, 0.3) is 5.91 Å². The molecule has 0 aliphatic heterocycles. The van der Waals surface area contributed by atoms with Crippen LogP contribution >= 0.6 is 0 Å². The molecule has 0 spiro atoms. The molecule has 2 aromatic rings. The normalized spacial score (nSPS) is 15.9. The van der Waals surface area contributed by atoms with E-state index in [1.807, 2.05) is 25.1 Å². The molecule has 6 nitrogen and oxygen atoms in total. The number of fused-ring (bicyclic) bond motifs is 1. The fourth-order valence-corrected chi connectivity index (χ4v) is 3.67. The quantitative estimate of drug-likeness (QED) is 0.754. The fourth-order valence-electron chi connectivity index (χ4n) is 3.67. The van der Waals surface area contributed by atoms with E-state index < -0.39 is 11.5 Å². The van der Waals surface area contributed by atoms with E-state index >= 15 is 0 Å². The van der Waals surface area contributed by atoms with Crippen molar-refractivity contribution in [3.63, 3.8) is 0 Å². The highest BCUT2D eigenvalue weighted by molar-refractivity contribution is 5.87. The number of aryl methyl sites for hydroxylation is 1. The van der Waals surface area contributed by atoms with Crippen molar-refractivity contribution in [3.05, 3.63) is 35.6 Å². The maximum Gasteiger partial charge on any atom is 0.310 e. The zero-order valence-electron chi connectivity index (χ0n) is 15.8. The monoisotopic (exact) mass is 368 g/mol. The molecule has 1 aromatic heterocycles. The van der Waals surface area contributed by atoms with Crippen LogP contribution in [0, 0.1) is 18.3 Å². The molecule has 142 valence electrons. The van der Waals surface area contributed by atoms with E-state index in [2.05, 4.69) is 6.07 Å². The first-order valence-corrected chi connectivity index (χ1v) is 9.25. The number of nitriles is 1. The average Bonchev–Trinajstić information content (AvgIpc) is 3.07. The van der Waals surface area contributed by atoms with Gasteiger partial charge in [0, 0.05) is 18.0 Å². The summed E-state index contributed by atoms with van der Waals surface area (Å²) >= 11 is 0. The number of ether oxygens (including phenoxy) is 1. The van der Waals surface area contributed by atoms with Gasteiger partial charge >= 0.3 is 5.97 Å². The Kier molecular flexibility index (Phi) is 5.50. The number of amides is 1. The number of carbonyl (C=O) groups is 2. The Hall–Kier alpha value is -2.81. The van der Waals surface area contributed by atoms with Gasteiger partial charge in [-0.05, 0) is 31.4 Å². The van der Waals surface area contributed by atoms with Crippen LogP contribution in [0.5, 0.6) is 0 Å². The Bertz CT molecular complexity index is 887. The summed E-state index contributed by atoms with van der Waals surface area (Å²) in [7, 11) is 1.62. The third-order valence-electron chi connectivity index (χ3n) is 5.41. The topological polar surface area (TPSA) is 83.5 Å². The lowest BCUT2D eigenvalue weighted by atomic mass is 9.81. The van der Waals surface area contributed by atoms with Gasteiger partial charge in [0.15, 0.2) is 6.61 Å². The predicted molar refractivity (Wildman–Crippen MR) is 99.8 cm³/mol. The number of nitrogens with zero attached hydrogens (tertiary/aromatic N) is 2. The summed E-state index contributed by atoms with van der Waals surface area (Å²) in [6.45, 7) is 1.62. The SMILES string of the molecule is Cc1ccc2c(CC(=O)OCC(=O)N(C)C3(C#N)CCCCC3)coc2c1. The zero-order valence-corrected chi connectivity index (χ0v) is 15.8. The lowest BCUT2D eigenvalue weighted by Gasteiger charge is -2.38. The fraction of sp³-hybridized carbons (Fsp3) is 0.476. The zero-order chi connectivity index (χ0) is 19.4. The molecule has 1 aliphatic carbocycles. The minimum absolute atomic E-state index is 0.0381. The van der Waals surface area contributed by atoms with Crippen LogP contribution in [0.25, 0.3) is 11.0 Å². The summed E-state index contributed by atoms with van der Waals surface area (Å²) in [6, 6.07) is 8.08. The Labute approximate surface area is 158 Å². The molecular formula is C21H24N2O4. The van der Waals surface area contributed by atoms with Crippen molar-refractivity contribution in [2.45, 2.75) is 51.0 Å². The predicted octanol–water partition coefficient (Wildman–Crippen LogP) is 3.51. The van der Waals surface area contributed by atoms with Gasteiger partial charge in [-0.25, -0.2) is 0 Å². The van der Waals surface area contributed by atoms with Crippen molar-refractivity contribution in [1.29, 1.82) is 5.26 Å². The van der Waals surface area contributed by atoms with E-state index in [9.17, 15) is 14.9 Å². The van der Waals surface area contributed by atoms with Gasteiger partial charge in [-0.1, -0.05) is 31.4 Å². The molecule has 6 heteroatoms. The minimum atomic E-state index is -0.777. The summed E-state index contributed by atoms with van der Waals surface area (Å²) in [4.78, 5) is 26.1. The summed E-state index contributed by atoms with van der Waals surface area (Å²) in [5, 5.41) is 10.4. The highest BCUT2D eigenvalue weighted by Gasteiger charge is 2.39. The molecule has 0 saturated heterocycles. The molecule has 0 N–H and O–H groups in total. The summed E-state index contributed by atoms with van der Waals surface area (Å²) in [5.41, 5.74) is 1.76. The van der Waals surface area contributed by atoms with Crippen LogP contribution in [0.4, 0.5) is 0 Å². The van der Waals surface area contributed by atoms with Crippen LogP contribution in [-0.2, 0) is 20.7 Å². The maximum absolute atomic E-state index is 12.4. The molecule has 0 unspecified atom stereocenters. The van der Waals surface area contributed by atoms with Crippen molar-refractivity contribution >= 4 is 22.8 Å². The van der Waals surface area contributed by atoms with Gasteiger partial charge in [-0.3, -0.25) is 9.59 Å². The molecule has 1 saturated carbocycles. The number of carbonyl (C=O) groups excluding carboxylic acids is 2. The first-order valence-electron chi connectivity index (χ1n) is 9.25. The van der Waals surface area contributed by atoms with E-state index in [-0.39, 0.29) is 18.9 Å². The Morgan fingerprint density at radius 3 is 2.74 bits per heavy atom. The number of likely N-dealkylation sites (N-methyl/N-ethyl adjacent to an activating group) is 1. The average molecular weight is 368 g/mol. The van der Waals surface area contributed by atoms with Crippen molar-refractivity contribution < 1.29 is 18.7 Å². The van der Waals surface area contributed by atoms with E-state index in [4.69, 9.17) is 9.15 Å².